The monoisotopic (exact) mass is 175 g/mol. The average Bonchev–Trinajstić information content (AvgIpc) is 2.03. The number of benzene rings is 1. The molecule has 0 aliphatic heterocycles. The van der Waals surface area contributed by atoms with Gasteiger partial charge >= 0.3 is 0 Å². The molecule has 0 bridgehead atoms. The molecule has 1 aromatic carbocycles. The van der Waals surface area contributed by atoms with Crippen LogP contribution in [0.4, 0.5) is 0 Å². The van der Waals surface area contributed by atoms with E-state index in [1.54, 1.807) is 18.2 Å². The second-order valence-electron chi connectivity index (χ2n) is 2.90. The molecule has 2 heteroatoms. The van der Waals surface area contributed by atoms with E-state index in [9.17, 15) is 5.11 Å². The highest BCUT2D eigenvalue weighted by Gasteiger charge is 2.02. The van der Waals surface area contributed by atoms with Gasteiger partial charge in [-0.05, 0) is 19.1 Å². The van der Waals surface area contributed by atoms with Gasteiger partial charge in [0.1, 0.15) is 5.75 Å². The largest absolute Gasteiger partial charge is 0.507 e. The lowest BCUT2D eigenvalue weighted by molar-refractivity contribution is 0.473. The van der Waals surface area contributed by atoms with Crippen LogP contribution in [0.3, 0.4) is 0 Å². The number of phenolic OH excluding ortho intramolecular Hbond substituents is 1. The van der Waals surface area contributed by atoms with Gasteiger partial charge in [-0.2, -0.15) is 0 Å². The number of para-hydroxylation sites is 1. The van der Waals surface area contributed by atoms with Crippen molar-refractivity contribution in [2.45, 2.75) is 6.92 Å². The SMILES string of the molecule is C=C(C)NC(=C)c1ccccc1O. The normalized spacial score (nSPS) is 9.31. The Morgan fingerprint density at radius 1 is 1.31 bits per heavy atom. The molecular weight excluding hydrogens is 162 g/mol. The predicted molar refractivity (Wildman–Crippen MR) is 55.1 cm³/mol. The first-order valence-electron chi connectivity index (χ1n) is 4.01. The van der Waals surface area contributed by atoms with Crippen molar-refractivity contribution in [2.24, 2.45) is 0 Å². The third-order valence-electron chi connectivity index (χ3n) is 1.59. The molecule has 0 amide bonds. The lowest BCUT2D eigenvalue weighted by atomic mass is 10.1. The Morgan fingerprint density at radius 3 is 2.46 bits per heavy atom. The zero-order valence-electron chi connectivity index (χ0n) is 7.67. The summed E-state index contributed by atoms with van der Waals surface area (Å²) >= 11 is 0. The summed E-state index contributed by atoms with van der Waals surface area (Å²) in [5, 5.41) is 12.4. The summed E-state index contributed by atoms with van der Waals surface area (Å²) in [7, 11) is 0. The summed E-state index contributed by atoms with van der Waals surface area (Å²) in [6.45, 7) is 9.33. The highest BCUT2D eigenvalue weighted by molar-refractivity contribution is 5.67. The minimum Gasteiger partial charge on any atom is -0.507 e. The van der Waals surface area contributed by atoms with Gasteiger partial charge in [0.15, 0.2) is 0 Å². The summed E-state index contributed by atoms with van der Waals surface area (Å²) in [6.07, 6.45) is 0. The molecule has 0 aliphatic carbocycles. The Labute approximate surface area is 78.2 Å². The van der Waals surface area contributed by atoms with Crippen molar-refractivity contribution in [3.63, 3.8) is 0 Å². The number of nitrogens with one attached hydrogen (secondary N) is 1. The van der Waals surface area contributed by atoms with Crippen LogP contribution in [-0.2, 0) is 0 Å². The molecule has 0 aliphatic rings. The van der Waals surface area contributed by atoms with Gasteiger partial charge in [-0.3, -0.25) is 0 Å². The van der Waals surface area contributed by atoms with E-state index in [2.05, 4.69) is 18.5 Å². The van der Waals surface area contributed by atoms with Crippen LogP contribution in [0.5, 0.6) is 5.75 Å². The second kappa shape index (κ2) is 3.81. The smallest absolute Gasteiger partial charge is 0.124 e. The molecular formula is C11H13NO. The molecule has 0 atom stereocenters. The van der Waals surface area contributed by atoms with E-state index >= 15 is 0 Å². The third kappa shape index (κ3) is 2.37. The topological polar surface area (TPSA) is 32.3 Å². The van der Waals surface area contributed by atoms with Gasteiger partial charge in [0.25, 0.3) is 0 Å². The summed E-state index contributed by atoms with van der Waals surface area (Å²) in [5.41, 5.74) is 2.16. The maximum absolute atomic E-state index is 9.46. The molecule has 0 fully saturated rings. The van der Waals surface area contributed by atoms with Crippen LogP contribution in [0.2, 0.25) is 0 Å². The Bertz CT molecular complexity index is 342. The number of hydrogen-bond acceptors (Lipinski definition) is 2. The maximum atomic E-state index is 9.46. The lowest BCUT2D eigenvalue weighted by Crippen LogP contribution is -2.07. The van der Waals surface area contributed by atoms with Crippen LogP contribution in [0.25, 0.3) is 5.70 Å². The summed E-state index contributed by atoms with van der Waals surface area (Å²) < 4.78 is 0. The first-order chi connectivity index (χ1) is 6.11. The Morgan fingerprint density at radius 2 is 1.92 bits per heavy atom. The minimum atomic E-state index is 0.223. The first kappa shape index (κ1) is 9.39. The molecule has 13 heavy (non-hydrogen) atoms. The fourth-order valence-corrected chi connectivity index (χ4v) is 1.05. The fourth-order valence-electron chi connectivity index (χ4n) is 1.05. The van der Waals surface area contributed by atoms with Crippen molar-refractivity contribution >= 4 is 5.70 Å². The van der Waals surface area contributed by atoms with Crippen LogP contribution < -0.4 is 5.32 Å². The zero-order valence-corrected chi connectivity index (χ0v) is 7.67. The van der Waals surface area contributed by atoms with E-state index in [4.69, 9.17) is 0 Å². The van der Waals surface area contributed by atoms with E-state index in [-0.39, 0.29) is 5.75 Å². The number of hydrogen-bond donors (Lipinski definition) is 2. The Hall–Kier alpha value is -1.70. The molecule has 0 aromatic heterocycles. The molecule has 1 rings (SSSR count). The summed E-state index contributed by atoms with van der Waals surface area (Å²) in [6, 6.07) is 7.04. The van der Waals surface area contributed by atoms with Gasteiger partial charge in [-0.15, -0.1) is 0 Å². The number of rotatable bonds is 3. The molecule has 0 radical (unpaired) electrons. The number of aromatic hydroxyl groups is 1. The fraction of sp³-hybridized carbons (Fsp3) is 0.0909. The van der Waals surface area contributed by atoms with Crippen molar-refractivity contribution in [1.82, 2.24) is 5.32 Å². The van der Waals surface area contributed by atoms with Crippen molar-refractivity contribution in [2.75, 3.05) is 0 Å². The minimum absolute atomic E-state index is 0.223. The van der Waals surface area contributed by atoms with E-state index in [0.29, 0.717) is 11.3 Å². The Kier molecular flexibility index (Phi) is 2.75. The standard InChI is InChI=1S/C11H13NO/c1-8(2)12-9(3)10-6-4-5-7-11(10)13/h4-7,12-13H,1,3H2,2H3. The van der Waals surface area contributed by atoms with Crippen LogP contribution in [0.1, 0.15) is 12.5 Å². The van der Waals surface area contributed by atoms with E-state index in [0.717, 1.165) is 5.70 Å². The van der Waals surface area contributed by atoms with Gasteiger partial charge in [0.2, 0.25) is 0 Å². The van der Waals surface area contributed by atoms with E-state index in [1.807, 2.05) is 13.0 Å². The molecule has 0 saturated carbocycles. The molecule has 0 unspecified atom stereocenters. The van der Waals surface area contributed by atoms with Gasteiger partial charge in [-0.1, -0.05) is 25.3 Å². The highest BCUT2D eigenvalue weighted by Crippen LogP contribution is 2.21. The highest BCUT2D eigenvalue weighted by atomic mass is 16.3. The molecule has 0 spiro atoms. The van der Waals surface area contributed by atoms with Crippen LogP contribution in [-0.4, -0.2) is 5.11 Å². The van der Waals surface area contributed by atoms with Crippen LogP contribution in [0.15, 0.2) is 43.1 Å². The summed E-state index contributed by atoms with van der Waals surface area (Å²) in [4.78, 5) is 0. The molecule has 68 valence electrons. The Balaban J connectivity index is 2.89. The zero-order chi connectivity index (χ0) is 9.84. The van der Waals surface area contributed by atoms with Crippen LogP contribution in [0, 0.1) is 0 Å². The summed E-state index contributed by atoms with van der Waals surface area (Å²) in [5.74, 6) is 0.223. The van der Waals surface area contributed by atoms with Crippen molar-refractivity contribution in [3.8, 4) is 5.75 Å². The van der Waals surface area contributed by atoms with Gasteiger partial charge in [0.05, 0.1) is 0 Å². The van der Waals surface area contributed by atoms with Gasteiger partial charge < -0.3 is 10.4 Å². The van der Waals surface area contributed by atoms with Crippen molar-refractivity contribution in [1.29, 1.82) is 0 Å². The number of phenols is 1. The maximum Gasteiger partial charge on any atom is 0.124 e. The lowest BCUT2D eigenvalue weighted by Gasteiger charge is -2.09. The molecule has 2 nitrogen and oxygen atoms in total. The van der Waals surface area contributed by atoms with Crippen molar-refractivity contribution < 1.29 is 5.11 Å². The molecule has 1 aromatic rings. The predicted octanol–water partition coefficient (Wildman–Crippen LogP) is 2.49. The van der Waals surface area contributed by atoms with Gasteiger partial charge in [-0.25, -0.2) is 0 Å². The van der Waals surface area contributed by atoms with E-state index < -0.39 is 0 Å². The third-order valence-corrected chi connectivity index (χ3v) is 1.59. The van der Waals surface area contributed by atoms with E-state index in [1.165, 1.54) is 0 Å². The van der Waals surface area contributed by atoms with Crippen molar-refractivity contribution in [3.05, 3.63) is 48.7 Å². The molecule has 0 heterocycles. The molecule has 2 N–H and O–H groups in total. The average molecular weight is 175 g/mol. The first-order valence-corrected chi connectivity index (χ1v) is 4.01. The van der Waals surface area contributed by atoms with Gasteiger partial charge in [0, 0.05) is 17.0 Å². The number of allylic oxidation sites excluding steroid dienone is 1. The molecule has 0 saturated heterocycles. The quantitative estimate of drug-likeness (QED) is 0.739. The van der Waals surface area contributed by atoms with Crippen LogP contribution >= 0.6 is 0 Å². The second-order valence-corrected chi connectivity index (χ2v) is 2.90.